The summed E-state index contributed by atoms with van der Waals surface area (Å²) >= 11 is 0. The summed E-state index contributed by atoms with van der Waals surface area (Å²) in [5, 5.41) is 3.06. The normalized spacial score (nSPS) is 20.3. The molecule has 1 aromatic carbocycles. The number of rotatable bonds is 19. The number of ether oxygens (including phenoxy) is 1. The van der Waals surface area contributed by atoms with Gasteiger partial charge in [0.05, 0.1) is 12.1 Å². The molecule has 1 aromatic rings. The van der Waals surface area contributed by atoms with Gasteiger partial charge in [0.1, 0.15) is 18.2 Å². The van der Waals surface area contributed by atoms with E-state index in [4.69, 9.17) is 4.74 Å². The number of unbranched alkanes of at least 4 members (excludes halogenated alkanes) is 6. The summed E-state index contributed by atoms with van der Waals surface area (Å²) < 4.78 is 6.20. The first-order chi connectivity index (χ1) is 24.4. The van der Waals surface area contributed by atoms with Gasteiger partial charge in [-0.25, -0.2) is 4.79 Å². The lowest BCUT2D eigenvalue weighted by Gasteiger charge is -2.36. The Hall–Kier alpha value is -3.20. The summed E-state index contributed by atoms with van der Waals surface area (Å²) in [6.07, 6.45) is 14.7. The Morgan fingerprint density at radius 3 is 2.16 bits per heavy atom. The predicted octanol–water partition coefficient (Wildman–Crippen LogP) is 7.46. The van der Waals surface area contributed by atoms with Crippen LogP contribution in [0.25, 0.3) is 0 Å². The molecule has 0 radical (unpaired) electrons. The minimum atomic E-state index is -0.681. The number of nitrogens with zero attached hydrogens (tertiary/aromatic N) is 3. The van der Waals surface area contributed by atoms with E-state index in [-0.39, 0.29) is 53.7 Å². The Bertz CT molecular complexity index is 1280. The molecule has 2 aliphatic rings. The van der Waals surface area contributed by atoms with Gasteiger partial charge in [-0.15, -0.1) is 0 Å². The molecule has 3 amide bonds. The number of hydrogen-bond acceptors (Lipinski definition) is 6. The number of piperidine rings is 1. The Kier molecular flexibility index (Phi) is 17.7. The molecule has 2 saturated heterocycles. The van der Waals surface area contributed by atoms with Crippen LogP contribution in [0.15, 0.2) is 42.0 Å². The molecule has 1 N–H and O–H groups in total. The van der Waals surface area contributed by atoms with E-state index in [2.05, 4.69) is 17.1 Å². The molecular weight excluding hydrogens is 640 g/mol. The van der Waals surface area contributed by atoms with E-state index in [0.717, 1.165) is 57.1 Å². The molecule has 2 fully saturated rings. The molecule has 0 spiro atoms. The first kappa shape index (κ1) is 42.2. The van der Waals surface area contributed by atoms with Crippen molar-refractivity contribution in [1.29, 1.82) is 0 Å². The second kappa shape index (κ2) is 21.4. The van der Waals surface area contributed by atoms with Crippen molar-refractivity contribution in [1.82, 2.24) is 20.0 Å². The molecule has 0 aliphatic carbocycles. The smallest absolute Gasteiger partial charge is 0.329 e. The third kappa shape index (κ3) is 12.5. The number of benzene rings is 1. The SMILES string of the molecule is CCCCCCCCCC(OC(=O)[C@@H]1CCCN1C(=O)C(C)=C[C@H](C(C)C)N(C)C(=O)[C@@H](NC(=O)C1CCCCN1C)C(C)C)c1ccccc1. The highest BCUT2D eigenvalue weighted by molar-refractivity contribution is 5.96. The summed E-state index contributed by atoms with van der Waals surface area (Å²) in [4.78, 5) is 60.3. The van der Waals surface area contributed by atoms with Gasteiger partial charge in [0.15, 0.2) is 0 Å². The van der Waals surface area contributed by atoms with Crippen LogP contribution in [0, 0.1) is 11.8 Å². The van der Waals surface area contributed by atoms with Crippen LogP contribution in [-0.4, -0.2) is 89.7 Å². The third-order valence-corrected chi connectivity index (χ3v) is 10.8. The second-order valence-electron chi connectivity index (χ2n) is 15.7. The van der Waals surface area contributed by atoms with Gasteiger partial charge in [-0.05, 0) is 76.4 Å². The number of nitrogens with one attached hydrogen (secondary N) is 1. The zero-order valence-corrected chi connectivity index (χ0v) is 33.0. The van der Waals surface area contributed by atoms with Gasteiger partial charge in [-0.3, -0.25) is 19.3 Å². The Morgan fingerprint density at radius 2 is 1.53 bits per heavy atom. The Balaban J connectivity index is 1.69. The molecule has 5 atom stereocenters. The maximum atomic E-state index is 14.0. The molecule has 0 aromatic heterocycles. The fourth-order valence-electron chi connectivity index (χ4n) is 7.56. The van der Waals surface area contributed by atoms with Crippen LogP contribution < -0.4 is 5.32 Å². The highest BCUT2D eigenvalue weighted by atomic mass is 16.5. The van der Waals surface area contributed by atoms with Crippen LogP contribution in [0.2, 0.25) is 0 Å². The van der Waals surface area contributed by atoms with Crippen molar-refractivity contribution in [3.8, 4) is 0 Å². The lowest BCUT2D eigenvalue weighted by molar-refractivity contribution is -0.158. The van der Waals surface area contributed by atoms with Gasteiger partial charge in [0, 0.05) is 19.2 Å². The van der Waals surface area contributed by atoms with E-state index in [1.165, 1.54) is 32.1 Å². The van der Waals surface area contributed by atoms with Crippen LogP contribution in [0.4, 0.5) is 0 Å². The summed E-state index contributed by atoms with van der Waals surface area (Å²) in [5.74, 6) is -0.950. The summed E-state index contributed by atoms with van der Waals surface area (Å²) in [6.45, 7) is 13.3. The van der Waals surface area contributed by atoms with Gasteiger partial charge in [-0.1, -0.05) is 116 Å². The van der Waals surface area contributed by atoms with Crippen molar-refractivity contribution in [2.45, 2.75) is 155 Å². The number of esters is 1. The van der Waals surface area contributed by atoms with E-state index in [9.17, 15) is 19.2 Å². The van der Waals surface area contributed by atoms with Crippen molar-refractivity contribution in [3.05, 3.63) is 47.5 Å². The average molecular weight is 709 g/mol. The van der Waals surface area contributed by atoms with Crippen LogP contribution in [0.1, 0.15) is 137 Å². The molecule has 2 unspecified atom stereocenters. The van der Waals surface area contributed by atoms with E-state index < -0.39 is 12.1 Å². The third-order valence-electron chi connectivity index (χ3n) is 10.8. The lowest BCUT2D eigenvalue weighted by Crippen LogP contribution is -2.57. The first-order valence-corrected chi connectivity index (χ1v) is 19.9. The monoisotopic (exact) mass is 709 g/mol. The van der Waals surface area contributed by atoms with Crippen LogP contribution in [-0.2, 0) is 23.9 Å². The number of amides is 3. The number of likely N-dealkylation sites (N-methyl/N-ethyl adjacent to an activating group) is 2. The number of carbonyl (C=O) groups is 4. The van der Waals surface area contributed by atoms with Crippen molar-refractivity contribution < 1.29 is 23.9 Å². The molecule has 9 nitrogen and oxygen atoms in total. The predicted molar refractivity (Wildman–Crippen MR) is 205 cm³/mol. The largest absolute Gasteiger partial charge is 0.456 e. The summed E-state index contributed by atoms with van der Waals surface area (Å²) in [7, 11) is 3.71. The van der Waals surface area contributed by atoms with Crippen molar-refractivity contribution in [2.75, 3.05) is 27.2 Å². The molecule has 0 bridgehead atoms. The number of carbonyl (C=O) groups excluding carboxylic acids is 4. The summed E-state index contributed by atoms with van der Waals surface area (Å²) in [5.41, 5.74) is 1.47. The van der Waals surface area contributed by atoms with Crippen molar-refractivity contribution >= 4 is 23.7 Å². The van der Waals surface area contributed by atoms with Crippen molar-refractivity contribution in [3.63, 3.8) is 0 Å². The van der Waals surface area contributed by atoms with E-state index in [0.29, 0.717) is 18.5 Å². The van der Waals surface area contributed by atoms with Crippen LogP contribution in [0.3, 0.4) is 0 Å². The number of hydrogen-bond donors (Lipinski definition) is 1. The van der Waals surface area contributed by atoms with Crippen LogP contribution in [0.5, 0.6) is 0 Å². The Labute approximate surface area is 308 Å². The minimum Gasteiger partial charge on any atom is -0.456 e. The van der Waals surface area contributed by atoms with E-state index in [1.807, 2.05) is 71.2 Å². The zero-order chi connectivity index (χ0) is 37.5. The van der Waals surface area contributed by atoms with Gasteiger partial charge >= 0.3 is 5.97 Å². The topological polar surface area (TPSA) is 99.3 Å². The molecule has 2 aliphatic heterocycles. The zero-order valence-electron chi connectivity index (χ0n) is 33.0. The standard InChI is InChI=1S/C42H68N4O5/c1-9-10-11-12-13-14-18-26-37(33-22-16-15-17-23-33)51-42(50)35-25-21-28-46(35)40(48)32(6)29-36(30(2)3)45(8)41(49)38(31(4)5)43-39(47)34-24-19-20-27-44(34)7/h15-17,22-23,29-31,34-38H,9-14,18-21,24-28H2,1-8H3,(H,43,47)/t34?,35-,36+,37?,38-/m0/s1. The van der Waals surface area contributed by atoms with Gasteiger partial charge in [-0.2, -0.15) is 0 Å². The van der Waals surface area contributed by atoms with Gasteiger partial charge in [0.25, 0.3) is 0 Å². The van der Waals surface area contributed by atoms with E-state index >= 15 is 0 Å². The second-order valence-corrected chi connectivity index (χ2v) is 15.7. The van der Waals surface area contributed by atoms with E-state index in [1.54, 1.807) is 23.8 Å². The lowest BCUT2D eigenvalue weighted by atomic mass is 9.96. The molecule has 2 heterocycles. The maximum Gasteiger partial charge on any atom is 0.329 e. The fourth-order valence-corrected chi connectivity index (χ4v) is 7.56. The summed E-state index contributed by atoms with van der Waals surface area (Å²) in [6, 6.07) is 8.00. The van der Waals surface area contributed by atoms with Gasteiger partial charge < -0.3 is 19.9 Å². The molecule has 9 heteroatoms. The fraction of sp³-hybridized carbons (Fsp3) is 0.714. The van der Waals surface area contributed by atoms with Crippen molar-refractivity contribution in [2.24, 2.45) is 11.8 Å². The molecule has 51 heavy (non-hydrogen) atoms. The number of likely N-dealkylation sites (tertiary alicyclic amines) is 2. The molecule has 0 saturated carbocycles. The maximum absolute atomic E-state index is 14.0. The minimum absolute atomic E-state index is 0.00677. The molecule has 286 valence electrons. The highest BCUT2D eigenvalue weighted by Gasteiger charge is 2.38. The van der Waals surface area contributed by atoms with Gasteiger partial charge in [0.2, 0.25) is 17.7 Å². The molecular formula is C42H68N4O5. The Morgan fingerprint density at radius 1 is 0.882 bits per heavy atom. The molecule has 3 rings (SSSR count). The van der Waals surface area contributed by atoms with Crippen LogP contribution >= 0.6 is 0 Å². The first-order valence-electron chi connectivity index (χ1n) is 19.9. The average Bonchev–Trinajstić information content (AvgIpc) is 3.61. The quantitative estimate of drug-likeness (QED) is 0.0911. The highest BCUT2D eigenvalue weighted by Crippen LogP contribution is 2.29.